The van der Waals surface area contributed by atoms with Crippen molar-refractivity contribution in [3.8, 4) is 0 Å². The molecule has 0 aromatic heterocycles. The molecule has 1 aliphatic heterocycles. The minimum Gasteiger partial charge on any atom is -0.321 e. The van der Waals surface area contributed by atoms with Gasteiger partial charge in [-0.1, -0.05) is 30.5 Å². The normalized spacial score (nSPS) is 15.3. The number of hydrogen-bond acceptors (Lipinski definition) is 2. The summed E-state index contributed by atoms with van der Waals surface area (Å²) in [6.45, 7) is 3.64. The first-order chi connectivity index (χ1) is 5.77. The van der Waals surface area contributed by atoms with E-state index in [1.807, 2.05) is 24.3 Å². The molecule has 0 radical (unpaired) electrons. The summed E-state index contributed by atoms with van der Waals surface area (Å²) in [5.74, 6) is -0.0984. The van der Waals surface area contributed by atoms with Crippen LogP contribution in [-0.4, -0.2) is 5.91 Å². The maximum Gasteiger partial charge on any atom is 0.261 e. The van der Waals surface area contributed by atoms with Gasteiger partial charge in [0.2, 0.25) is 0 Å². The number of nitrogens with one attached hydrogen (secondary N) is 1. The third-order valence-electron chi connectivity index (χ3n) is 1.62. The molecule has 2 nitrogen and oxygen atoms in total. The lowest BCUT2D eigenvalue weighted by molar-refractivity contribution is -0.112. The Morgan fingerprint density at radius 3 is 2.92 bits per heavy atom. The van der Waals surface area contributed by atoms with Crippen LogP contribution in [0, 0.1) is 0 Å². The Bertz CT molecular complexity index is 324. The van der Waals surface area contributed by atoms with E-state index in [1.165, 1.54) is 11.8 Å². The minimum absolute atomic E-state index is 0.0984. The van der Waals surface area contributed by atoms with Gasteiger partial charge in [-0.25, -0.2) is 0 Å². The SMILES string of the molecule is C=C1Sc2ccccc2NC1=O. The van der Waals surface area contributed by atoms with Crippen LogP contribution in [-0.2, 0) is 4.79 Å². The molecule has 0 atom stereocenters. The van der Waals surface area contributed by atoms with Crippen molar-refractivity contribution >= 4 is 23.4 Å². The van der Waals surface area contributed by atoms with Crippen LogP contribution in [0.4, 0.5) is 5.69 Å². The van der Waals surface area contributed by atoms with Gasteiger partial charge < -0.3 is 5.32 Å². The third-order valence-corrected chi connectivity index (χ3v) is 2.63. The number of anilines is 1. The molecule has 0 bridgehead atoms. The highest BCUT2D eigenvalue weighted by molar-refractivity contribution is 8.04. The average Bonchev–Trinajstić information content (AvgIpc) is 2.07. The first-order valence-corrected chi connectivity index (χ1v) is 4.36. The largest absolute Gasteiger partial charge is 0.321 e. The Labute approximate surface area is 74.7 Å². The van der Waals surface area contributed by atoms with E-state index in [4.69, 9.17) is 0 Å². The fraction of sp³-hybridized carbons (Fsp3) is 0. The van der Waals surface area contributed by atoms with Gasteiger partial charge in [0.05, 0.1) is 10.6 Å². The van der Waals surface area contributed by atoms with E-state index in [0.29, 0.717) is 4.91 Å². The highest BCUT2D eigenvalue weighted by atomic mass is 32.2. The Balaban J connectivity index is 2.47. The van der Waals surface area contributed by atoms with Gasteiger partial charge in [-0.05, 0) is 12.1 Å². The molecule has 0 aliphatic carbocycles. The summed E-state index contributed by atoms with van der Waals surface area (Å²) in [6.07, 6.45) is 0. The van der Waals surface area contributed by atoms with Crippen LogP contribution >= 0.6 is 11.8 Å². The maximum atomic E-state index is 11.1. The van der Waals surface area contributed by atoms with Crippen molar-refractivity contribution in [2.45, 2.75) is 4.90 Å². The molecule has 0 fully saturated rings. The Morgan fingerprint density at radius 2 is 2.08 bits per heavy atom. The summed E-state index contributed by atoms with van der Waals surface area (Å²) in [6, 6.07) is 7.68. The van der Waals surface area contributed by atoms with Crippen molar-refractivity contribution in [3.63, 3.8) is 0 Å². The summed E-state index contributed by atoms with van der Waals surface area (Å²) < 4.78 is 0. The number of fused-ring (bicyclic) bond motifs is 1. The quantitative estimate of drug-likeness (QED) is 0.616. The highest BCUT2D eigenvalue weighted by Crippen LogP contribution is 2.36. The molecule has 1 N–H and O–H groups in total. The van der Waals surface area contributed by atoms with E-state index in [-0.39, 0.29) is 5.91 Å². The summed E-state index contributed by atoms with van der Waals surface area (Å²) in [5.41, 5.74) is 0.875. The lowest BCUT2D eigenvalue weighted by Gasteiger charge is -2.16. The summed E-state index contributed by atoms with van der Waals surface area (Å²) in [5, 5.41) is 2.75. The summed E-state index contributed by atoms with van der Waals surface area (Å²) in [7, 11) is 0. The van der Waals surface area contributed by atoms with E-state index in [1.54, 1.807) is 0 Å². The first kappa shape index (κ1) is 7.43. The van der Waals surface area contributed by atoms with Gasteiger partial charge in [-0.2, -0.15) is 0 Å². The molecule has 12 heavy (non-hydrogen) atoms. The summed E-state index contributed by atoms with van der Waals surface area (Å²) in [4.78, 5) is 12.7. The number of carbonyl (C=O) groups excluding carboxylic acids is 1. The number of rotatable bonds is 0. The van der Waals surface area contributed by atoms with E-state index in [9.17, 15) is 4.79 Å². The van der Waals surface area contributed by atoms with E-state index in [0.717, 1.165) is 10.6 Å². The summed E-state index contributed by atoms with van der Waals surface area (Å²) >= 11 is 1.41. The Morgan fingerprint density at radius 1 is 1.33 bits per heavy atom. The molecule has 1 aromatic rings. The molecular formula is C9H7NOS. The lowest BCUT2D eigenvalue weighted by Crippen LogP contribution is -2.16. The van der Waals surface area contributed by atoms with Crippen molar-refractivity contribution < 1.29 is 4.79 Å². The smallest absolute Gasteiger partial charge is 0.261 e. The lowest BCUT2D eigenvalue weighted by atomic mass is 10.3. The van der Waals surface area contributed by atoms with E-state index in [2.05, 4.69) is 11.9 Å². The molecule has 0 unspecified atom stereocenters. The molecule has 60 valence electrons. The van der Waals surface area contributed by atoms with Crippen molar-refractivity contribution in [1.82, 2.24) is 0 Å². The van der Waals surface area contributed by atoms with Gasteiger partial charge in [-0.3, -0.25) is 4.79 Å². The highest BCUT2D eigenvalue weighted by Gasteiger charge is 2.17. The zero-order chi connectivity index (χ0) is 8.55. The van der Waals surface area contributed by atoms with Crippen molar-refractivity contribution in [2.75, 3.05) is 5.32 Å². The molecule has 1 heterocycles. The molecular weight excluding hydrogens is 170 g/mol. The van der Waals surface area contributed by atoms with Crippen molar-refractivity contribution in [1.29, 1.82) is 0 Å². The monoisotopic (exact) mass is 177 g/mol. The van der Waals surface area contributed by atoms with Gasteiger partial charge in [-0.15, -0.1) is 0 Å². The van der Waals surface area contributed by atoms with Crippen LogP contribution in [0.2, 0.25) is 0 Å². The zero-order valence-electron chi connectivity index (χ0n) is 6.33. The van der Waals surface area contributed by atoms with E-state index >= 15 is 0 Å². The molecule has 0 spiro atoms. The fourth-order valence-corrected chi connectivity index (χ4v) is 1.81. The third kappa shape index (κ3) is 1.12. The van der Waals surface area contributed by atoms with Crippen LogP contribution in [0.3, 0.4) is 0 Å². The molecule has 0 saturated heterocycles. The molecule has 3 heteroatoms. The standard InChI is InChI=1S/C9H7NOS/c1-6-9(11)10-7-4-2-3-5-8(7)12-6/h2-5H,1H2,(H,10,11). The van der Waals surface area contributed by atoms with Crippen LogP contribution in [0.25, 0.3) is 0 Å². The molecule has 1 aromatic carbocycles. The second-order valence-electron chi connectivity index (χ2n) is 2.48. The second kappa shape index (κ2) is 2.68. The number of carbonyl (C=O) groups is 1. The number of benzene rings is 1. The van der Waals surface area contributed by atoms with Gasteiger partial charge in [0, 0.05) is 4.90 Å². The van der Waals surface area contributed by atoms with Gasteiger partial charge in [0.1, 0.15) is 0 Å². The van der Waals surface area contributed by atoms with Gasteiger partial charge in [0.15, 0.2) is 0 Å². The number of amides is 1. The van der Waals surface area contributed by atoms with E-state index < -0.39 is 0 Å². The number of para-hydroxylation sites is 1. The second-order valence-corrected chi connectivity index (χ2v) is 3.61. The maximum absolute atomic E-state index is 11.1. The number of thioether (sulfide) groups is 1. The van der Waals surface area contributed by atoms with Crippen LogP contribution in [0.5, 0.6) is 0 Å². The van der Waals surface area contributed by atoms with Crippen molar-refractivity contribution in [2.24, 2.45) is 0 Å². The van der Waals surface area contributed by atoms with Crippen LogP contribution < -0.4 is 5.32 Å². The minimum atomic E-state index is -0.0984. The molecule has 0 saturated carbocycles. The first-order valence-electron chi connectivity index (χ1n) is 3.54. The number of hydrogen-bond donors (Lipinski definition) is 1. The predicted molar refractivity (Wildman–Crippen MR) is 50.1 cm³/mol. The average molecular weight is 177 g/mol. The molecule has 2 rings (SSSR count). The Kier molecular flexibility index (Phi) is 1.66. The fourth-order valence-electron chi connectivity index (χ4n) is 1.03. The van der Waals surface area contributed by atoms with Crippen molar-refractivity contribution in [3.05, 3.63) is 35.7 Å². The van der Waals surface area contributed by atoms with Crippen LogP contribution in [0.15, 0.2) is 40.6 Å². The van der Waals surface area contributed by atoms with Gasteiger partial charge in [0.25, 0.3) is 5.91 Å². The zero-order valence-corrected chi connectivity index (χ0v) is 7.15. The Hall–Kier alpha value is -1.22. The molecule has 1 amide bonds. The predicted octanol–water partition coefficient (Wildman–Crippen LogP) is 2.24. The topological polar surface area (TPSA) is 29.1 Å². The van der Waals surface area contributed by atoms with Crippen LogP contribution in [0.1, 0.15) is 0 Å². The molecule has 1 aliphatic rings. The van der Waals surface area contributed by atoms with Gasteiger partial charge >= 0.3 is 0 Å².